The van der Waals surface area contributed by atoms with E-state index < -0.39 is 0 Å². The lowest BCUT2D eigenvalue weighted by Crippen LogP contribution is -2.50. The molecule has 2 aliphatic heterocycles. The van der Waals surface area contributed by atoms with Crippen LogP contribution in [-0.2, 0) is 4.74 Å². The van der Waals surface area contributed by atoms with Crippen LogP contribution in [0.25, 0.3) is 0 Å². The molecule has 2 aliphatic rings. The van der Waals surface area contributed by atoms with Gasteiger partial charge in [-0.3, -0.25) is 9.59 Å². The summed E-state index contributed by atoms with van der Waals surface area (Å²) in [6, 6.07) is 3.84. The van der Waals surface area contributed by atoms with Gasteiger partial charge in [-0.2, -0.15) is 0 Å². The highest BCUT2D eigenvalue weighted by Gasteiger charge is 2.28. The van der Waals surface area contributed by atoms with Crippen LogP contribution in [0.2, 0.25) is 0 Å². The molecule has 2 fully saturated rings. The molecule has 0 aromatic carbocycles. The minimum atomic E-state index is 0.00538. The number of ether oxygens (including phenoxy) is 1. The summed E-state index contributed by atoms with van der Waals surface area (Å²) in [6.45, 7) is 5.02. The summed E-state index contributed by atoms with van der Waals surface area (Å²) in [6.07, 6.45) is 3.73. The Hall–Kier alpha value is -1.77. The number of thiazole rings is 1. The maximum atomic E-state index is 12.7. The minimum Gasteiger partial charge on any atom is -0.371 e. The number of carbonyl (C=O) groups excluding carboxylic acids is 2. The Morgan fingerprint density at radius 1 is 1.08 bits per heavy atom. The molecule has 2 saturated heterocycles. The Balaban J connectivity index is 1.35. The largest absolute Gasteiger partial charge is 0.371 e. The molecule has 4 rings (SSSR count). The number of thiophene rings is 1. The van der Waals surface area contributed by atoms with E-state index in [0.29, 0.717) is 31.1 Å². The number of hydrogen-bond acceptors (Lipinski definition) is 6. The van der Waals surface area contributed by atoms with Crippen molar-refractivity contribution in [1.82, 2.24) is 14.8 Å². The number of aromatic nitrogens is 1. The number of rotatable bonds is 3. The fourth-order valence-corrected chi connectivity index (χ4v) is 5.09. The fraction of sp³-hybridized carbons (Fsp3) is 0.500. The van der Waals surface area contributed by atoms with E-state index in [-0.39, 0.29) is 17.9 Å². The lowest BCUT2D eigenvalue weighted by molar-refractivity contribution is 0.0540. The maximum absolute atomic E-state index is 12.7. The predicted octanol–water partition coefficient (Wildman–Crippen LogP) is 2.96. The Bertz CT molecular complexity index is 802. The van der Waals surface area contributed by atoms with E-state index in [4.69, 9.17) is 4.74 Å². The first kappa shape index (κ1) is 17.6. The zero-order chi connectivity index (χ0) is 18.1. The molecule has 26 heavy (non-hydrogen) atoms. The van der Waals surface area contributed by atoms with Crippen molar-refractivity contribution >= 4 is 34.5 Å². The van der Waals surface area contributed by atoms with Gasteiger partial charge in [-0.1, -0.05) is 0 Å². The van der Waals surface area contributed by atoms with Gasteiger partial charge in [-0.05, 0) is 31.9 Å². The molecular formula is C18H21N3O3S2. The monoisotopic (exact) mass is 391 g/mol. The number of amides is 2. The molecule has 2 aromatic heterocycles. The van der Waals surface area contributed by atoms with Crippen molar-refractivity contribution < 1.29 is 14.3 Å². The SMILES string of the molecule is Cc1ccc(C(=O)N2CCN(C(=O)c3cnc(C4CCCO4)s3)CC2)s1. The van der Waals surface area contributed by atoms with E-state index in [0.717, 1.165) is 34.2 Å². The highest BCUT2D eigenvalue weighted by molar-refractivity contribution is 7.14. The maximum Gasteiger partial charge on any atom is 0.265 e. The van der Waals surface area contributed by atoms with Crippen molar-refractivity contribution in [3.05, 3.63) is 38.0 Å². The lowest BCUT2D eigenvalue weighted by Gasteiger charge is -2.34. The molecule has 2 aromatic rings. The van der Waals surface area contributed by atoms with Crippen LogP contribution in [0.5, 0.6) is 0 Å². The van der Waals surface area contributed by atoms with Gasteiger partial charge in [-0.25, -0.2) is 4.98 Å². The number of carbonyl (C=O) groups is 2. The van der Waals surface area contributed by atoms with Gasteiger partial charge in [0.05, 0.1) is 11.1 Å². The summed E-state index contributed by atoms with van der Waals surface area (Å²) < 4.78 is 5.64. The second kappa shape index (κ2) is 7.46. The Morgan fingerprint density at radius 3 is 2.35 bits per heavy atom. The zero-order valence-electron chi connectivity index (χ0n) is 14.6. The second-order valence-corrected chi connectivity index (χ2v) is 8.91. The third-order valence-electron chi connectivity index (χ3n) is 4.74. The van der Waals surface area contributed by atoms with Gasteiger partial charge in [-0.15, -0.1) is 22.7 Å². The number of nitrogens with zero attached hydrogens (tertiary/aromatic N) is 3. The van der Waals surface area contributed by atoms with Crippen LogP contribution < -0.4 is 0 Å². The molecule has 0 aliphatic carbocycles. The standard InChI is InChI=1S/C18H21N3O3S2/c1-12-4-5-14(25-12)17(22)20-6-8-21(9-7-20)18(23)15-11-19-16(26-15)13-3-2-10-24-13/h4-5,11,13H,2-3,6-10H2,1H3. The summed E-state index contributed by atoms with van der Waals surface area (Å²) in [5.41, 5.74) is 0. The third kappa shape index (κ3) is 3.54. The Kier molecular flexibility index (Phi) is 5.06. The summed E-state index contributed by atoms with van der Waals surface area (Å²) in [5, 5.41) is 0.896. The number of aryl methyl sites for hydroxylation is 1. The molecule has 138 valence electrons. The van der Waals surface area contributed by atoms with Crippen LogP contribution in [0.1, 0.15) is 48.2 Å². The predicted molar refractivity (Wildman–Crippen MR) is 101 cm³/mol. The molecule has 1 unspecified atom stereocenters. The topological polar surface area (TPSA) is 62.7 Å². The van der Waals surface area contributed by atoms with Crippen molar-refractivity contribution in [2.75, 3.05) is 32.8 Å². The molecule has 0 radical (unpaired) electrons. The van der Waals surface area contributed by atoms with Crippen molar-refractivity contribution in [1.29, 1.82) is 0 Å². The summed E-state index contributed by atoms with van der Waals surface area (Å²) in [5.74, 6) is 0.0690. The second-order valence-electron chi connectivity index (χ2n) is 6.56. The minimum absolute atomic E-state index is 0.00538. The van der Waals surface area contributed by atoms with Gasteiger partial charge in [0, 0.05) is 37.7 Å². The van der Waals surface area contributed by atoms with Gasteiger partial charge in [0.15, 0.2) is 0 Å². The van der Waals surface area contributed by atoms with Gasteiger partial charge in [0.25, 0.3) is 11.8 Å². The van der Waals surface area contributed by atoms with E-state index in [1.165, 1.54) is 22.7 Å². The normalized spacial score (nSPS) is 20.6. The molecule has 0 spiro atoms. The summed E-state index contributed by atoms with van der Waals surface area (Å²) in [7, 11) is 0. The first-order chi connectivity index (χ1) is 12.6. The molecule has 2 amide bonds. The highest BCUT2D eigenvalue weighted by atomic mass is 32.1. The van der Waals surface area contributed by atoms with Crippen molar-refractivity contribution in [3.8, 4) is 0 Å². The van der Waals surface area contributed by atoms with Crippen molar-refractivity contribution in [3.63, 3.8) is 0 Å². The first-order valence-corrected chi connectivity index (χ1v) is 10.5. The number of piperazine rings is 1. The van der Waals surface area contributed by atoms with E-state index in [9.17, 15) is 9.59 Å². The zero-order valence-corrected chi connectivity index (χ0v) is 16.3. The van der Waals surface area contributed by atoms with Crippen LogP contribution in [0, 0.1) is 6.92 Å². The Labute approximate surface area is 160 Å². The van der Waals surface area contributed by atoms with Gasteiger partial charge in [0.2, 0.25) is 0 Å². The van der Waals surface area contributed by atoms with Gasteiger partial charge < -0.3 is 14.5 Å². The van der Waals surface area contributed by atoms with Gasteiger partial charge >= 0.3 is 0 Å². The molecule has 0 saturated carbocycles. The van der Waals surface area contributed by atoms with Crippen LogP contribution in [0.15, 0.2) is 18.3 Å². The molecule has 0 bridgehead atoms. The highest BCUT2D eigenvalue weighted by Crippen LogP contribution is 2.31. The third-order valence-corrected chi connectivity index (χ3v) is 6.81. The molecule has 1 atom stereocenters. The molecule has 0 N–H and O–H groups in total. The molecular weight excluding hydrogens is 370 g/mol. The molecule has 8 heteroatoms. The number of hydrogen-bond donors (Lipinski definition) is 0. The van der Waals surface area contributed by atoms with E-state index in [1.807, 2.05) is 28.9 Å². The van der Waals surface area contributed by atoms with Crippen molar-refractivity contribution in [2.24, 2.45) is 0 Å². The van der Waals surface area contributed by atoms with Gasteiger partial charge in [0.1, 0.15) is 16.0 Å². The van der Waals surface area contributed by atoms with Crippen LogP contribution in [0.3, 0.4) is 0 Å². The summed E-state index contributed by atoms with van der Waals surface area (Å²) >= 11 is 2.95. The smallest absolute Gasteiger partial charge is 0.265 e. The average molecular weight is 392 g/mol. The van der Waals surface area contributed by atoms with Crippen LogP contribution in [0.4, 0.5) is 0 Å². The van der Waals surface area contributed by atoms with Crippen LogP contribution >= 0.6 is 22.7 Å². The summed E-state index contributed by atoms with van der Waals surface area (Å²) in [4.78, 5) is 35.8. The Morgan fingerprint density at radius 2 is 1.77 bits per heavy atom. The average Bonchev–Trinajstić information content (AvgIpc) is 3.41. The quantitative estimate of drug-likeness (QED) is 0.807. The van der Waals surface area contributed by atoms with E-state index in [1.54, 1.807) is 6.20 Å². The van der Waals surface area contributed by atoms with E-state index in [2.05, 4.69) is 4.98 Å². The first-order valence-electron chi connectivity index (χ1n) is 8.84. The van der Waals surface area contributed by atoms with Crippen molar-refractivity contribution in [2.45, 2.75) is 25.9 Å². The van der Waals surface area contributed by atoms with Crippen LogP contribution in [-0.4, -0.2) is 59.4 Å². The molecule has 4 heterocycles. The fourth-order valence-electron chi connectivity index (χ4n) is 3.28. The van der Waals surface area contributed by atoms with E-state index >= 15 is 0 Å². The molecule has 6 nitrogen and oxygen atoms in total. The lowest BCUT2D eigenvalue weighted by atomic mass is 10.2.